The lowest BCUT2D eigenvalue weighted by Crippen LogP contribution is -2.39. The zero-order valence-electron chi connectivity index (χ0n) is 12.0. The number of para-hydroxylation sites is 2. The van der Waals surface area contributed by atoms with Crippen molar-refractivity contribution in [1.82, 2.24) is 0 Å². The minimum atomic E-state index is -0.819. The fourth-order valence-corrected chi connectivity index (χ4v) is 4.18. The standard InChI is InChI=1S/C19H17OSi/c1-21(17-12-6-3-7-13-17)19-15-9-8-14-18(19)20-16-10-4-2-5-11-16/h2-15H,1H3. The highest BCUT2D eigenvalue weighted by Crippen LogP contribution is 2.19. The van der Waals surface area contributed by atoms with Gasteiger partial charge in [-0.3, -0.25) is 0 Å². The third-order valence-electron chi connectivity index (χ3n) is 3.47. The van der Waals surface area contributed by atoms with Gasteiger partial charge in [-0.2, -0.15) is 0 Å². The van der Waals surface area contributed by atoms with Crippen molar-refractivity contribution in [3.63, 3.8) is 0 Å². The molecule has 0 saturated heterocycles. The van der Waals surface area contributed by atoms with E-state index in [4.69, 9.17) is 4.74 Å². The maximum absolute atomic E-state index is 6.08. The van der Waals surface area contributed by atoms with Gasteiger partial charge >= 0.3 is 0 Å². The predicted molar refractivity (Wildman–Crippen MR) is 90.3 cm³/mol. The van der Waals surface area contributed by atoms with Gasteiger partial charge in [0.05, 0.1) is 0 Å². The number of rotatable bonds is 4. The van der Waals surface area contributed by atoms with Crippen LogP contribution in [0.4, 0.5) is 0 Å². The van der Waals surface area contributed by atoms with Crippen LogP contribution in [0.15, 0.2) is 84.9 Å². The molecular formula is C19H17OSi. The Kier molecular flexibility index (Phi) is 4.17. The Morgan fingerprint density at radius 2 is 1.24 bits per heavy atom. The van der Waals surface area contributed by atoms with E-state index in [9.17, 15) is 0 Å². The first kappa shape index (κ1) is 13.7. The van der Waals surface area contributed by atoms with Gasteiger partial charge in [0.25, 0.3) is 0 Å². The van der Waals surface area contributed by atoms with Crippen molar-refractivity contribution in [2.75, 3.05) is 0 Å². The molecule has 0 unspecified atom stereocenters. The van der Waals surface area contributed by atoms with Crippen LogP contribution in [0.25, 0.3) is 0 Å². The minimum Gasteiger partial charge on any atom is -0.458 e. The summed E-state index contributed by atoms with van der Waals surface area (Å²) in [5, 5.41) is 2.70. The molecule has 0 atom stereocenters. The molecule has 0 aliphatic heterocycles. The SMILES string of the molecule is C[Si](c1ccccc1)c1ccccc1Oc1ccccc1. The van der Waals surface area contributed by atoms with Gasteiger partial charge in [0, 0.05) is 0 Å². The van der Waals surface area contributed by atoms with E-state index in [2.05, 4.69) is 55.1 Å². The third kappa shape index (κ3) is 3.23. The molecule has 1 radical (unpaired) electrons. The summed E-state index contributed by atoms with van der Waals surface area (Å²) in [5.74, 6) is 1.84. The summed E-state index contributed by atoms with van der Waals surface area (Å²) in [6.45, 7) is 2.31. The molecule has 3 aromatic carbocycles. The Hall–Kier alpha value is -2.32. The Bertz CT molecular complexity index is 695. The Morgan fingerprint density at radius 1 is 0.667 bits per heavy atom. The molecular weight excluding hydrogens is 272 g/mol. The summed E-state index contributed by atoms with van der Waals surface area (Å²) >= 11 is 0. The van der Waals surface area contributed by atoms with Crippen molar-refractivity contribution in [3.05, 3.63) is 84.9 Å². The molecule has 21 heavy (non-hydrogen) atoms. The number of hydrogen-bond acceptors (Lipinski definition) is 1. The lowest BCUT2D eigenvalue weighted by molar-refractivity contribution is 0.486. The number of hydrogen-bond donors (Lipinski definition) is 0. The van der Waals surface area contributed by atoms with Crippen molar-refractivity contribution in [2.24, 2.45) is 0 Å². The Balaban J connectivity index is 1.93. The lowest BCUT2D eigenvalue weighted by atomic mass is 10.3. The van der Waals surface area contributed by atoms with Crippen LogP contribution in [0.2, 0.25) is 6.55 Å². The average molecular weight is 289 g/mol. The van der Waals surface area contributed by atoms with Gasteiger partial charge in [-0.05, 0) is 23.4 Å². The van der Waals surface area contributed by atoms with Crippen LogP contribution in [-0.2, 0) is 0 Å². The molecule has 0 heterocycles. The topological polar surface area (TPSA) is 9.23 Å². The van der Waals surface area contributed by atoms with Gasteiger partial charge < -0.3 is 4.74 Å². The van der Waals surface area contributed by atoms with Crippen molar-refractivity contribution in [2.45, 2.75) is 6.55 Å². The molecule has 0 fully saturated rings. The lowest BCUT2D eigenvalue weighted by Gasteiger charge is -2.16. The smallest absolute Gasteiger partial charge is 0.127 e. The highest BCUT2D eigenvalue weighted by molar-refractivity contribution is 6.84. The molecule has 0 bridgehead atoms. The van der Waals surface area contributed by atoms with E-state index in [0.29, 0.717) is 0 Å². The van der Waals surface area contributed by atoms with Crippen molar-refractivity contribution < 1.29 is 4.74 Å². The van der Waals surface area contributed by atoms with E-state index in [-0.39, 0.29) is 0 Å². The van der Waals surface area contributed by atoms with Gasteiger partial charge in [-0.15, -0.1) is 0 Å². The van der Waals surface area contributed by atoms with Crippen LogP contribution in [0, 0.1) is 0 Å². The molecule has 0 amide bonds. The molecule has 2 heteroatoms. The van der Waals surface area contributed by atoms with E-state index in [1.807, 2.05) is 36.4 Å². The van der Waals surface area contributed by atoms with Gasteiger partial charge in [0.15, 0.2) is 0 Å². The summed E-state index contributed by atoms with van der Waals surface area (Å²) in [6, 6.07) is 29.0. The van der Waals surface area contributed by atoms with Crippen molar-refractivity contribution in [1.29, 1.82) is 0 Å². The zero-order valence-corrected chi connectivity index (χ0v) is 13.0. The fourth-order valence-electron chi connectivity index (χ4n) is 2.32. The first-order chi connectivity index (χ1) is 10.3. The van der Waals surface area contributed by atoms with Crippen LogP contribution < -0.4 is 15.1 Å². The molecule has 0 aromatic heterocycles. The summed E-state index contributed by atoms with van der Waals surface area (Å²) in [7, 11) is -0.819. The summed E-state index contributed by atoms with van der Waals surface area (Å²) in [5.41, 5.74) is 0. The van der Waals surface area contributed by atoms with Gasteiger partial charge in [0.2, 0.25) is 0 Å². The van der Waals surface area contributed by atoms with E-state index in [0.717, 1.165) is 11.5 Å². The van der Waals surface area contributed by atoms with Crippen LogP contribution in [-0.4, -0.2) is 8.80 Å². The van der Waals surface area contributed by atoms with Crippen LogP contribution in [0.1, 0.15) is 0 Å². The van der Waals surface area contributed by atoms with Crippen molar-refractivity contribution >= 4 is 19.2 Å². The minimum absolute atomic E-state index is 0.819. The van der Waals surface area contributed by atoms with Gasteiger partial charge in [0.1, 0.15) is 20.3 Å². The highest BCUT2D eigenvalue weighted by Gasteiger charge is 2.15. The maximum Gasteiger partial charge on any atom is 0.127 e. The molecule has 3 rings (SSSR count). The van der Waals surface area contributed by atoms with Crippen LogP contribution in [0.5, 0.6) is 11.5 Å². The van der Waals surface area contributed by atoms with Crippen molar-refractivity contribution in [3.8, 4) is 11.5 Å². The normalized spacial score (nSPS) is 10.6. The summed E-state index contributed by atoms with van der Waals surface area (Å²) in [6.07, 6.45) is 0. The van der Waals surface area contributed by atoms with E-state index >= 15 is 0 Å². The Morgan fingerprint density at radius 3 is 1.95 bits per heavy atom. The first-order valence-corrected chi connectivity index (χ1v) is 9.06. The molecule has 103 valence electrons. The number of ether oxygens (including phenoxy) is 1. The number of benzene rings is 3. The van der Waals surface area contributed by atoms with Gasteiger partial charge in [-0.1, -0.05) is 78.5 Å². The second kappa shape index (κ2) is 6.42. The molecule has 0 saturated carbocycles. The summed E-state index contributed by atoms with van der Waals surface area (Å²) in [4.78, 5) is 0. The highest BCUT2D eigenvalue weighted by atomic mass is 28.3. The monoisotopic (exact) mass is 289 g/mol. The average Bonchev–Trinajstić information content (AvgIpc) is 2.56. The van der Waals surface area contributed by atoms with E-state index in [1.165, 1.54) is 10.4 Å². The second-order valence-corrected chi connectivity index (χ2v) is 7.27. The molecule has 0 spiro atoms. The molecule has 0 aliphatic rings. The predicted octanol–water partition coefficient (Wildman–Crippen LogP) is 3.72. The Labute approximate surface area is 127 Å². The largest absolute Gasteiger partial charge is 0.458 e. The van der Waals surface area contributed by atoms with Crippen LogP contribution >= 0.6 is 0 Å². The third-order valence-corrected chi connectivity index (χ3v) is 5.89. The molecule has 0 aliphatic carbocycles. The summed E-state index contributed by atoms with van der Waals surface area (Å²) < 4.78 is 6.08. The van der Waals surface area contributed by atoms with E-state index < -0.39 is 8.80 Å². The van der Waals surface area contributed by atoms with E-state index in [1.54, 1.807) is 0 Å². The van der Waals surface area contributed by atoms with Gasteiger partial charge in [-0.25, -0.2) is 0 Å². The molecule has 0 N–H and O–H groups in total. The first-order valence-electron chi connectivity index (χ1n) is 7.06. The molecule has 1 nitrogen and oxygen atoms in total. The van der Waals surface area contributed by atoms with Crippen LogP contribution in [0.3, 0.4) is 0 Å². The second-order valence-electron chi connectivity index (χ2n) is 4.90. The zero-order chi connectivity index (χ0) is 14.5. The molecule has 3 aromatic rings. The maximum atomic E-state index is 6.08. The fraction of sp³-hybridized carbons (Fsp3) is 0.0526. The quantitative estimate of drug-likeness (QED) is 0.665.